The number of halogens is 3. The van der Waals surface area contributed by atoms with Gasteiger partial charge in [0.2, 0.25) is 5.91 Å². The SMILES string of the molecule is Cc1cc([C@@H](C)OCC2(c3ccccc3)CC3(C2)NCNC3=O)cc(C(F)(F)F)c1. The van der Waals surface area contributed by atoms with Crippen molar-refractivity contribution in [3.63, 3.8) is 0 Å². The minimum absolute atomic E-state index is 0.00407. The zero-order valence-electron chi connectivity index (χ0n) is 17.0. The first-order valence-electron chi connectivity index (χ1n) is 10.0. The molecule has 0 aromatic heterocycles. The summed E-state index contributed by atoms with van der Waals surface area (Å²) in [6.45, 7) is 4.19. The van der Waals surface area contributed by atoms with E-state index >= 15 is 0 Å². The zero-order valence-corrected chi connectivity index (χ0v) is 17.0. The van der Waals surface area contributed by atoms with Crippen LogP contribution in [0.15, 0.2) is 48.5 Å². The van der Waals surface area contributed by atoms with Crippen LogP contribution in [0.4, 0.5) is 13.2 Å². The fraction of sp³-hybridized carbons (Fsp3) is 0.435. The molecule has 0 unspecified atom stereocenters. The molecule has 1 amide bonds. The number of carbonyl (C=O) groups excluding carboxylic acids is 1. The monoisotopic (exact) mass is 418 g/mol. The van der Waals surface area contributed by atoms with Crippen molar-refractivity contribution >= 4 is 5.91 Å². The van der Waals surface area contributed by atoms with Gasteiger partial charge in [-0.15, -0.1) is 0 Å². The largest absolute Gasteiger partial charge is 0.416 e. The van der Waals surface area contributed by atoms with Crippen molar-refractivity contribution in [3.05, 3.63) is 70.8 Å². The average molecular weight is 418 g/mol. The average Bonchev–Trinajstić information content (AvgIpc) is 3.05. The van der Waals surface area contributed by atoms with E-state index in [-0.39, 0.29) is 11.3 Å². The normalized spacial score (nSPS) is 27.0. The van der Waals surface area contributed by atoms with Crippen molar-refractivity contribution in [1.29, 1.82) is 0 Å². The van der Waals surface area contributed by atoms with Crippen LogP contribution in [-0.4, -0.2) is 24.7 Å². The number of aryl methyl sites for hydroxylation is 1. The van der Waals surface area contributed by atoms with Gasteiger partial charge in [0.15, 0.2) is 0 Å². The van der Waals surface area contributed by atoms with E-state index in [0.717, 1.165) is 17.7 Å². The van der Waals surface area contributed by atoms with E-state index in [9.17, 15) is 18.0 Å². The molecule has 1 aliphatic heterocycles. The number of rotatable bonds is 5. The molecule has 2 N–H and O–H groups in total. The van der Waals surface area contributed by atoms with E-state index in [1.54, 1.807) is 19.9 Å². The molecule has 0 bridgehead atoms. The highest BCUT2D eigenvalue weighted by atomic mass is 19.4. The minimum atomic E-state index is -4.40. The number of nitrogens with one attached hydrogen (secondary N) is 2. The Labute approximate surface area is 173 Å². The van der Waals surface area contributed by atoms with Gasteiger partial charge >= 0.3 is 6.18 Å². The quantitative estimate of drug-likeness (QED) is 0.764. The van der Waals surface area contributed by atoms with Crippen molar-refractivity contribution < 1.29 is 22.7 Å². The van der Waals surface area contributed by atoms with Crippen LogP contribution in [0.2, 0.25) is 0 Å². The third kappa shape index (κ3) is 3.72. The van der Waals surface area contributed by atoms with Crippen LogP contribution < -0.4 is 10.6 Å². The van der Waals surface area contributed by atoms with E-state index in [1.165, 1.54) is 0 Å². The van der Waals surface area contributed by atoms with Crippen molar-refractivity contribution in [3.8, 4) is 0 Å². The molecule has 7 heteroatoms. The maximum atomic E-state index is 13.2. The first kappa shape index (κ1) is 20.9. The third-order valence-corrected chi connectivity index (χ3v) is 6.28. The lowest BCUT2D eigenvalue weighted by Crippen LogP contribution is -2.65. The third-order valence-electron chi connectivity index (χ3n) is 6.28. The van der Waals surface area contributed by atoms with Crippen LogP contribution in [0.1, 0.15) is 48.1 Å². The first-order chi connectivity index (χ1) is 14.1. The molecule has 1 saturated heterocycles. The molecular formula is C23H25F3N2O2. The van der Waals surface area contributed by atoms with Crippen LogP contribution in [0.3, 0.4) is 0 Å². The summed E-state index contributed by atoms with van der Waals surface area (Å²) in [7, 11) is 0. The number of hydrogen-bond donors (Lipinski definition) is 2. The number of alkyl halides is 3. The number of carbonyl (C=O) groups is 1. The van der Waals surface area contributed by atoms with Crippen LogP contribution in [0, 0.1) is 6.92 Å². The van der Waals surface area contributed by atoms with Gasteiger partial charge in [-0.1, -0.05) is 42.0 Å². The van der Waals surface area contributed by atoms with Gasteiger partial charge in [0.1, 0.15) is 5.54 Å². The summed E-state index contributed by atoms with van der Waals surface area (Å²) >= 11 is 0. The van der Waals surface area contributed by atoms with Gasteiger partial charge in [-0.05, 0) is 49.9 Å². The predicted octanol–water partition coefficient (Wildman–Crippen LogP) is 4.24. The predicted molar refractivity (Wildman–Crippen MR) is 107 cm³/mol. The van der Waals surface area contributed by atoms with Crippen molar-refractivity contribution in [2.45, 2.75) is 49.9 Å². The molecule has 1 atom stereocenters. The Morgan fingerprint density at radius 2 is 1.83 bits per heavy atom. The van der Waals surface area contributed by atoms with E-state index in [1.807, 2.05) is 30.3 Å². The summed E-state index contributed by atoms with van der Waals surface area (Å²) < 4.78 is 45.7. The number of ether oxygens (including phenoxy) is 1. The second-order valence-electron chi connectivity index (χ2n) is 8.52. The molecule has 1 aliphatic carbocycles. The number of hydrogen-bond acceptors (Lipinski definition) is 3. The summed E-state index contributed by atoms with van der Waals surface area (Å²) in [6, 6.07) is 13.9. The zero-order chi connectivity index (χ0) is 21.6. The fourth-order valence-corrected chi connectivity index (χ4v) is 4.71. The van der Waals surface area contributed by atoms with Gasteiger partial charge in [0.25, 0.3) is 0 Å². The highest BCUT2D eigenvalue weighted by molar-refractivity contribution is 5.90. The second-order valence-corrected chi connectivity index (χ2v) is 8.52. The Morgan fingerprint density at radius 1 is 1.13 bits per heavy atom. The Balaban J connectivity index is 1.54. The van der Waals surface area contributed by atoms with Crippen LogP contribution in [-0.2, 0) is 21.1 Å². The van der Waals surface area contributed by atoms with Crippen LogP contribution >= 0.6 is 0 Å². The minimum Gasteiger partial charge on any atom is -0.373 e. The summed E-state index contributed by atoms with van der Waals surface area (Å²) in [5.74, 6) is -0.00407. The molecule has 2 fully saturated rings. The molecule has 2 aromatic carbocycles. The molecule has 2 aromatic rings. The van der Waals surface area contributed by atoms with E-state index in [0.29, 0.717) is 37.2 Å². The first-order valence-corrected chi connectivity index (χ1v) is 10.0. The smallest absolute Gasteiger partial charge is 0.373 e. The topological polar surface area (TPSA) is 50.4 Å². The van der Waals surface area contributed by atoms with Crippen molar-refractivity contribution in [1.82, 2.24) is 10.6 Å². The summed E-state index contributed by atoms with van der Waals surface area (Å²) in [4.78, 5) is 12.3. The lowest BCUT2D eigenvalue weighted by molar-refractivity contribution is -0.137. The second kappa shape index (κ2) is 7.39. The van der Waals surface area contributed by atoms with Crippen molar-refractivity contribution in [2.75, 3.05) is 13.3 Å². The standard InChI is InChI=1S/C23H25F3N2O2/c1-15-8-17(10-19(9-15)23(24,25)26)16(2)30-13-21(18-6-4-3-5-7-18)11-22(12-21)20(29)27-14-28-22/h3-10,16,28H,11-14H2,1-2H3,(H,27,29)/t16-,21?,22?/m1/s1. The molecule has 1 heterocycles. The van der Waals surface area contributed by atoms with Crippen molar-refractivity contribution in [2.24, 2.45) is 0 Å². The molecule has 1 spiro atoms. The van der Waals surface area contributed by atoms with Crippen LogP contribution in [0.25, 0.3) is 0 Å². The van der Waals surface area contributed by atoms with Gasteiger partial charge in [-0.25, -0.2) is 0 Å². The fourth-order valence-electron chi connectivity index (χ4n) is 4.71. The Morgan fingerprint density at radius 3 is 2.43 bits per heavy atom. The summed E-state index contributed by atoms with van der Waals surface area (Å²) in [6.07, 6.45) is -3.73. The summed E-state index contributed by atoms with van der Waals surface area (Å²) in [5, 5.41) is 6.07. The molecule has 4 nitrogen and oxygen atoms in total. The lowest BCUT2D eigenvalue weighted by Gasteiger charge is -2.53. The molecule has 1 saturated carbocycles. The number of amides is 1. The van der Waals surface area contributed by atoms with Gasteiger partial charge in [-0.3, -0.25) is 10.1 Å². The summed E-state index contributed by atoms with van der Waals surface area (Å²) in [5.41, 5.74) is 0.499. The maximum absolute atomic E-state index is 13.2. The maximum Gasteiger partial charge on any atom is 0.416 e. The van der Waals surface area contributed by atoms with Crippen LogP contribution in [0.5, 0.6) is 0 Å². The van der Waals surface area contributed by atoms with E-state index in [4.69, 9.17) is 4.74 Å². The highest BCUT2D eigenvalue weighted by Crippen LogP contribution is 2.52. The van der Waals surface area contributed by atoms with Gasteiger partial charge in [0, 0.05) is 5.41 Å². The molecular weight excluding hydrogens is 393 g/mol. The highest BCUT2D eigenvalue weighted by Gasteiger charge is 2.61. The molecule has 0 radical (unpaired) electrons. The van der Waals surface area contributed by atoms with Gasteiger partial charge < -0.3 is 10.1 Å². The van der Waals surface area contributed by atoms with E-state index < -0.39 is 23.4 Å². The lowest BCUT2D eigenvalue weighted by atomic mass is 9.54. The Bertz CT molecular complexity index is 937. The Hall–Kier alpha value is -2.38. The molecule has 4 rings (SSSR count). The molecule has 2 aliphatic rings. The van der Waals surface area contributed by atoms with Gasteiger partial charge in [0.05, 0.1) is 24.9 Å². The van der Waals surface area contributed by atoms with Gasteiger partial charge in [-0.2, -0.15) is 13.2 Å². The Kier molecular flexibility index (Phi) is 5.14. The number of benzene rings is 2. The molecule has 160 valence electrons. The molecule has 30 heavy (non-hydrogen) atoms. The van der Waals surface area contributed by atoms with E-state index in [2.05, 4.69) is 10.6 Å².